The van der Waals surface area contributed by atoms with Crippen LogP contribution < -0.4 is 10.6 Å². The zero-order chi connectivity index (χ0) is 13.9. The second-order valence-electron chi connectivity index (χ2n) is 6.24. The second kappa shape index (κ2) is 5.96. The number of carbonyl (C=O) groups is 1. The molecule has 0 saturated carbocycles. The van der Waals surface area contributed by atoms with Gasteiger partial charge in [0.1, 0.15) is 0 Å². The number of nitrogens with one attached hydrogen (secondary N) is 2. The molecule has 2 N–H and O–H groups in total. The van der Waals surface area contributed by atoms with E-state index in [4.69, 9.17) is 0 Å². The van der Waals surface area contributed by atoms with Crippen molar-refractivity contribution in [2.75, 3.05) is 19.6 Å². The lowest BCUT2D eigenvalue weighted by atomic mass is 9.82. The molecule has 1 saturated heterocycles. The Morgan fingerprint density at radius 1 is 1.40 bits per heavy atom. The first kappa shape index (κ1) is 13.6. The third-order valence-electron chi connectivity index (χ3n) is 4.95. The number of aryl methyl sites for hydroxylation is 1. The van der Waals surface area contributed by atoms with Gasteiger partial charge < -0.3 is 10.6 Å². The zero-order valence-electron chi connectivity index (χ0n) is 12.2. The number of benzene rings is 1. The SMILES string of the molecule is CC(C(=O)NCC1CCCc2ccccc21)C1CNC1. The van der Waals surface area contributed by atoms with Gasteiger partial charge in [0, 0.05) is 18.4 Å². The van der Waals surface area contributed by atoms with E-state index in [9.17, 15) is 4.79 Å². The molecule has 1 amide bonds. The van der Waals surface area contributed by atoms with E-state index >= 15 is 0 Å². The molecule has 0 radical (unpaired) electrons. The first-order chi connectivity index (χ1) is 9.75. The average molecular weight is 272 g/mol. The van der Waals surface area contributed by atoms with Crippen LogP contribution in [0.15, 0.2) is 24.3 Å². The molecule has 3 heteroatoms. The molecule has 1 fully saturated rings. The summed E-state index contributed by atoms with van der Waals surface area (Å²) in [6.45, 7) is 4.82. The number of hydrogen-bond donors (Lipinski definition) is 2. The third-order valence-corrected chi connectivity index (χ3v) is 4.95. The molecule has 0 aromatic heterocycles. The Kier molecular flexibility index (Phi) is 4.06. The van der Waals surface area contributed by atoms with Crippen molar-refractivity contribution in [1.82, 2.24) is 10.6 Å². The van der Waals surface area contributed by atoms with Crippen LogP contribution in [0.5, 0.6) is 0 Å². The van der Waals surface area contributed by atoms with Gasteiger partial charge in [-0.15, -0.1) is 0 Å². The van der Waals surface area contributed by atoms with Crippen LogP contribution in [0.4, 0.5) is 0 Å². The van der Waals surface area contributed by atoms with Crippen LogP contribution in [0.2, 0.25) is 0 Å². The summed E-state index contributed by atoms with van der Waals surface area (Å²) in [4.78, 5) is 12.2. The Hall–Kier alpha value is -1.35. The van der Waals surface area contributed by atoms with Crippen LogP contribution in [0.3, 0.4) is 0 Å². The van der Waals surface area contributed by atoms with E-state index in [2.05, 4.69) is 41.8 Å². The van der Waals surface area contributed by atoms with Gasteiger partial charge in [-0.05, 0) is 49.4 Å². The molecular formula is C17H24N2O. The van der Waals surface area contributed by atoms with Crippen LogP contribution in [0, 0.1) is 11.8 Å². The fourth-order valence-electron chi connectivity index (χ4n) is 3.33. The molecule has 3 rings (SSSR count). The van der Waals surface area contributed by atoms with Crippen LogP contribution in [-0.2, 0) is 11.2 Å². The van der Waals surface area contributed by atoms with Gasteiger partial charge >= 0.3 is 0 Å². The van der Waals surface area contributed by atoms with Crippen molar-refractivity contribution in [2.45, 2.75) is 32.1 Å². The summed E-state index contributed by atoms with van der Waals surface area (Å²) in [6, 6.07) is 8.68. The van der Waals surface area contributed by atoms with Gasteiger partial charge in [0.15, 0.2) is 0 Å². The van der Waals surface area contributed by atoms with E-state index in [1.165, 1.54) is 30.4 Å². The summed E-state index contributed by atoms with van der Waals surface area (Å²) in [5.41, 5.74) is 2.91. The minimum atomic E-state index is 0.134. The summed E-state index contributed by atoms with van der Waals surface area (Å²) in [7, 11) is 0. The number of amides is 1. The van der Waals surface area contributed by atoms with Crippen molar-refractivity contribution in [3.8, 4) is 0 Å². The molecule has 1 aliphatic heterocycles. The maximum atomic E-state index is 12.2. The van der Waals surface area contributed by atoms with Crippen molar-refractivity contribution < 1.29 is 4.79 Å². The predicted molar refractivity (Wildman–Crippen MR) is 80.7 cm³/mol. The lowest BCUT2D eigenvalue weighted by Gasteiger charge is -2.32. The Balaban J connectivity index is 1.57. The monoisotopic (exact) mass is 272 g/mol. The van der Waals surface area contributed by atoms with Crippen LogP contribution in [0.25, 0.3) is 0 Å². The molecule has 2 unspecified atom stereocenters. The largest absolute Gasteiger partial charge is 0.355 e. The molecule has 1 aromatic rings. The molecule has 108 valence electrons. The van der Waals surface area contributed by atoms with Crippen LogP contribution in [0.1, 0.15) is 36.8 Å². The molecule has 1 aliphatic carbocycles. The van der Waals surface area contributed by atoms with Crippen LogP contribution in [-0.4, -0.2) is 25.5 Å². The number of rotatable bonds is 4. The quantitative estimate of drug-likeness (QED) is 0.881. The summed E-state index contributed by atoms with van der Waals surface area (Å²) in [6.07, 6.45) is 3.61. The highest BCUT2D eigenvalue weighted by molar-refractivity contribution is 5.78. The number of carbonyl (C=O) groups excluding carboxylic acids is 1. The summed E-state index contributed by atoms with van der Waals surface area (Å²) < 4.78 is 0. The van der Waals surface area contributed by atoms with Gasteiger partial charge in [-0.25, -0.2) is 0 Å². The molecule has 1 heterocycles. The lowest BCUT2D eigenvalue weighted by molar-refractivity contribution is -0.126. The third kappa shape index (κ3) is 2.73. The van der Waals surface area contributed by atoms with Crippen molar-refractivity contribution in [2.24, 2.45) is 11.8 Å². The maximum Gasteiger partial charge on any atom is 0.223 e. The zero-order valence-corrected chi connectivity index (χ0v) is 12.2. The Bertz CT molecular complexity index is 482. The van der Waals surface area contributed by atoms with E-state index < -0.39 is 0 Å². The lowest BCUT2D eigenvalue weighted by Crippen LogP contribution is -2.50. The fourth-order valence-corrected chi connectivity index (χ4v) is 3.33. The minimum Gasteiger partial charge on any atom is -0.355 e. The van der Waals surface area contributed by atoms with Gasteiger partial charge in [0.25, 0.3) is 0 Å². The highest BCUT2D eigenvalue weighted by Crippen LogP contribution is 2.30. The van der Waals surface area contributed by atoms with Crippen molar-refractivity contribution in [3.63, 3.8) is 0 Å². The Morgan fingerprint density at radius 2 is 2.20 bits per heavy atom. The van der Waals surface area contributed by atoms with Gasteiger partial charge in [-0.2, -0.15) is 0 Å². The molecular weight excluding hydrogens is 248 g/mol. The minimum absolute atomic E-state index is 0.134. The van der Waals surface area contributed by atoms with E-state index in [0.717, 1.165) is 19.6 Å². The Morgan fingerprint density at radius 3 is 2.95 bits per heavy atom. The highest BCUT2D eigenvalue weighted by atomic mass is 16.1. The standard InChI is InChI=1S/C17H24N2O/c1-12(15-9-18-10-15)17(20)19-11-14-7-4-6-13-5-2-3-8-16(13)14/h2-3,5,8,12,14-15,18H,4,6-7,9-11H2,1H3,(H,19,20). The fraction of sp³-hybridized carbons (Fsp3) is 0.588. The number of hydrogen-bond acceptors (Lipinski definition) is 2. The van der Waals surface area contributed by atoms with E-state index in [0.29, 0.717) is 11.8 Å². The van der Waals surface area contributed by atoms with Gasteiger partial charge in [-0.1, -0.05) is 31.2 Å². The number of fused-ring (bicyclic) bond motifs is 1. The average Bonchev–Trinajstić information content (AvgIpc) is 2.42. The van der Waals surface area contributed by atoms with Crippen molar-refractivity contribution in [1.29, 1.82) is 0 Å². The molecule has 0 bridgehead atoms. The maximum absolute atomic E-state index is 12.2. The second-order valence-corrected chi connectivity index (χ2v) is 6.24. The predicted octanol–water partition coefficient (Wildman–Crippen LogP) is 2.08. The molecule has 2 aliphatic rings. The molecule has 1 aromatic carbocycles. The van der Waals surface area contributed by atoms with Crippen molar-refractivity contribution >= 4 is 5.91 Å². The van der Waals surface area contributed by atoms with Crippen LogP contribution >= 0.6 is 0 Å². The van der Waals surface area contributed by atoms with Crippen molar-refractivity contribution in [3.05, 3.63) is 35.4 Å². The Labute approximate surface area is 121 Å². The molecule has 2 atom stereocenters. The summed E-state index contributed by atoms with van der Waals surface area (Å²) in [5.74, 6) is 1.37. The first-order valence-electron chi connectivity index (χ1n) is 7.82. The first-order valence-corrected chi connectivity index (χ1v) is 7.82. The van der Waals surface area contributed by atoms with Gasteiger partial charge in [0.2, 0.25) is 5.91 Å². The topological polar surface area (TPSA) is 41.1 Å². The molecule has 0 spiro atoms. The highest BCUT2D eigenvalue weighted by Gasteiger charge is 2.29. The summed E-state index contributed by atoms with van der Waals surface area (Å²) in [5, 5.41) is 6.41. The molecule has 20 heavy (non-hydrogen) atoms. The van der Waals surface area contributed by atoms with E-state index in [1.807, 2.05) is 0 Å². The normalized spacial score (nSPS) is 23.6. The van der Waals surface area contributed by atoms with E-state index in [-0.39, 0.29) is 11.8 Å². The van der Waals surface area contributed by atoms with E-state index in [1.54, 1.807) is 0 Å². The smallest absolute Gasteiger partial charge is 0.223 e. The van der Waals surface area contributed by atoms with Gasteiger partial charge in [-0.3, -0.25) is 4.79 Å². The van der Waals surface area contributed by atoms with Gasteiger partial charge in [0.05, 0.1) is 0 Å². The summed E-state index contributed by atoms with van der Waals surface area (Å²) >= 11 is 0. The molecule has 3 nitrogen and oxygen atoms in total.